The molecule has 1 N–H and O–H groups in total. The average Bonchev–Trinajstić information content (AvgIpc) is 2.31. The maximum absolute atomic E-state index is 12.3. The van der Waals surface area contributed by atoms with Crippen LogP contribution in [0.5, 0.6) is 0 Å². The van der Waals surface area contributed by atoms with Crippen molar-refractivity contribution in [3.63, 3.8) is 0 Å². The number of hydrogen-bond donors (Lipinski definition) is 1. The third-order valence-corrected chi connectivity index (χ3v) is 3.02. The number of rotatable bonds is 6. The number of aliphatic hydroxyl groups is 1. The van der Waals surface area contributed by atoms with Crippen LogP contribution in [0.3, 0.4) is 0 Å². The monoisotopic (exact) mass is 311 g/mol. The molecule has 0 saturated carbocycles. The molecule has 7 heteroatoms. The van der Waals surface area contributed by atoms with Crippen molar-refractivity contribution in [1.29, 1.82) is 0 Å². The molecule has 0 unspecified atom stereocenters. The average molecular weight is 312 g/mol. The van der Waals surface area contributed by atoms with E-state index in [1.165, 1.54) is 6.07 Å². The van der Waals surface area contributed by atoms with Gasteiger partial charge in [0.2, 0.25) is 5.91 Å². The first-order valence-electron chi connectivity index (χ1n) is 5.54. The molecule has 19 heavy (non-hydrogen) atoms. The van der Waals surface area contributed by atoms with Crippen molar-refractivity contribution in [2.45, 2.75) is 12.8 Å². The van der Waals surface area contributed by atoms with E-state index in [4.69, 9.17) is 28.3 Å². The van der Waals surface area contributed by atoms with Crippen molar-refractivity contribution in [1.82, 2.24) is 4.90 Å². The molecule has 0 aliphatic heterocycles. The predicted molar refractivity (Wildman–Crippen MR) is 69.8 cm³/mol. The molecular weight excluding hydrogens is 299 g/mol. The van der Waals surface area contributed by atoms with Crippen LogP contribution in [-0.2, 0) is 11.2 Å². The van der Waals surface area contributed by atoms with Gasteiger partial charge in [0.25, 0.3) is 6.43 Å². The predicted octanol–water partition coefficient (Wildman–Crippen LogP) is 2.62. The van der Waals surface area contributed by atoms with Crippen LogP contribution in [0, 0.1) is 0 Å². The summed E-state index contributed by atoms with van der Waals surface area (Å²) in [5, 5.41) is 9.51. The molecule has 0 heterocycles. The fourth-order valence-corrected chi connectivity index (χ4v) is 2.02. The number of benzene rings is 1. The maximum Gasteiger partial charge on any atom is 0.255 e. The van der Waals surface area contributed by atoms with Gasteiger partial charge in [0.1, 0.15) is 0 Å². The minimum absolute atomic E-state index is 0.108. The fourth-order valence-electron chi connectivity index (χ4n) is 1.54. The van der Waals surface area contributed by atoms with E-state index in [0.29, 0.717) is 15.6 Å². The number of hydrogen-bond acceptors (Lipinski definition) is 2. The Morgan fingerprint density at radius 3 is 2.58 bits per heavy atom. The Labute approximate surface area is 119 Å². The van der Waals surface area contributed by atoms with E-state index in [9.17, 15) is 13.6 Å². The zero-order valence-electron chi connectivity index (χ0n) is 9.95. The standard InChI is InChI=1S/C12H13Cl2F2NO2/c13-9-2-1-8(10(14)6-9)5-12(19)17(3-4-18)7-11(15)16/h1-2,6,11,18H,3-5,7H2. The topological polar surface area (TPSA) is 40.5 Å². The Bertz CT molecular complexity index is 444. The Morgan fingerprint density at radius 1 is 1.37 bits per heavy atom. The molecule has 0 radical (unpaired) electrons. The lowest BCUT2D eigenvalue weighted by molar-refractivity contribution is -0.133. The summed E-state index contributed by atoms with van der Waals surface area (Å²) in [6.07, 6.45) is -2.75. The van der Waals surface area contributed by atoms with Gasteiger partial charge in [-0.15, -0.1) is 0 Å². The van der Waals surface area contributed by atoms with E-state index < -0.39 is 18.9 Å². The zero-order chi connectivity index (χ0) is 14.4. The number of carbonyl (C=O) groups is 1. The molecule has 0 saturated heterocycles. The number of alkyl halides is 2. The fraction of sp³-hybridized carbons (Fsp3) is 0.417. The summed E-state index contributed by atoms with van der Waals surface area (Å²) in [5.74, 6) is -0.515. The van der Waals surface area contributed by atoms with Gasteiger partial charge in [0.15, 0.2) is 0 Å². The summed E-state index contributed by atoms with van der Waals surface area (Å²) < 4.78 is 24.6. The van der Waals surface area contributed by atoms with Crippen molar-refractivity contribution >= 4 is 29.1 Å². The summed E-state index contributed by atoms with van der Waals surface area (Å²) in [5.41, 5.74) is 0.508. The quantitative estimate of drug-likeness (QED) is 0.877. The molecule has 0 fully saturated rings. The third-order valence-electron chi connectivity index (χ3n) is 2.44. The second-order valence-electron chi connectivity index (χ2n) is 3.87. The van der Waals surface area contributed by atoms with Crippen molar-refractivity contribution in [2.75, 3.05) is 19.7 Å². The van der Waals surface area contributed by atoms with E-state index in [0.717, 1.165) is 4.90 Å². The number of nitrogens with zero attached hydrogens (tertiary/aromatic N) is 1. The van der Waals surface area contributed by atoms with Crippen molar-refractivity contribution in [2.24, 2.45) is 0 Å². The first-order valence-corrected chi connectivity index (χ1v) is 6.30. The van der Waals surface area contributed by atoms with Crippen molar-refractivity contribution in [3.8, 4) is 0 Å². The molecule has 0 bridgehead atoms. The van der Waals surface area contributed by atoms with Crippen molar-refractivity contribution in [3.05, 3.63) is 33.8 Å². The summed E-state index contributed by atoms with van der Waals surface area (Å²) in [6.45, 7) is -1.20. The van der Waals surface area contributed by atoms with Crippen LogP contribution >= 0.6 is 23.2 Å². The second kappa shape index (κ2) is 7.62. The first kappa shape index (κ1) is 16.1. The van der Waals surface area contributed by atoms with Gasteiger partial charge in [-0.1, -0.05) is 29.3 Å². The summed E-state index contributed by atoms with van der Waals surface area (Å²) in [7, 11) is 0. The molecule has 3 nitrogen and oxygen atoms in total. The molecule has 0 aliphatic rings. The lowest BCUT2D eigenvalue weighted by atomic mass is 10.1. The second-order valence-corrected chi connectivity index (χ2v) is 4.71. The lowest BCUT2D eigenvalue weighted by Gasteiger charge is -2.21. The van der Waals surface area contributed by atoms with Gasteiger partial charge < -0.3 is 10.0 Å². The maximum atomic E-state index is 12.3. The van der Waals surface area contributed by atoms with Crippen LogP contribution in [0.25, 0.3) is 0 Å². The van der Waals surface area contributed by atoms with Crippen LogP contribution in [0.4, 0.5) is 8.78 Å². The Morgan fingerprint density at radius 2 is 2.05 bits per heavy atom. The van der Waals surface area contributed by atoms with Crippen LogP contribution in [0.1, 0.15) is 5.56 Å². The minimum atomic E-state index is -2.64. The molecule has 106 valence electrons. The van der Waals surface area contributed by atoms with Gasteiger partial charge in [-0.25, -0.2) is 8.78 Å². The van der Waals surface area contributed by atoms with Crippen molar-refractivity contribution < 1.29 is 18.7 Å². The largest absolute Gasteiger partial charge is 0.395 e. The van der Waals surface area contributed by atoms with Crippen LogP contribution in [-0.4, -0.2) is 42.0 Å². The Balaban J connectivity index is 2.75. The molecule has 0 aromatic heterocycles. The van der Waals surface area contributed by atoms with Gasteiger partial charge in [0.05, 0.1) is 19.6 Å². The lowest BCUT2D eigenvalue weighted by Crippen LogP contribution is -2.38. The highest BCUT2D eigenvalue weighted by molar-refractivity contribution is 6.35. The van der Waals surface area contributed by atoms with Gasteiger partial charge in [-0.3, -0.25) is 4.79 Å². The number of aliphatic hydroxyl groups excluding tert-OH is 1. The van der Waals surface area contributed by atoms with Crippen LogP contribution in [0.15, 0.2) is 18.2 Å². The molecular formula is C12H13Cl2F2NO2. The van der Waals surface area contributed by atoms with Gasteiger partial charge in [0, 0.05) is 16.6 Å². The van der Waals surface area contributed by atoms with Crippen LogP contribution < -0.4 is 0 Å². The molecule has 0 atom stereocenters. The summed E-state index contributed by atoms with van der Waals surface area (Å²) in [4.78, 5) is 12.8. The van der Waals surface area contributed by atoms with E-state index in [1.807, 2.05) is 0 Å². The molecule has 1 amide bonds. The summed E-state index contributed by atoms with van der Waals surface area (Å²) in [6, 6.07) is 4.62. The zero-order valence-corrected chi connectivity index (χ0v) is 11.5. The molecule has 1 aromatic carbocycles. The normalized spacial score (nSPS) is 10.8. The molecule has 0 aliphatic carbocycles. The number of amides is 1. The number of halogens is 4. The minimum Gasteiger partial charge on any atom is -0.395 e. The van der Waals surface area contributed by atoms with E-state index in [1.54, 1.807) is 12.1 Å². The smallest absolute Gasteiger partial charge is 0.255 e. The molecule has 1 rings (SSSR count). The Kier molecular flexibility index (Phi) is 6.48. The third kappa shape index (κ3) is 5.30. The summed E-state index contributed by atoms with van der Waals surface area (Å²) >= 11 is 11.6. The van der Waals surface area contributed by atoms with Gasteiger partial charge in [-0.05, 0) is 17.7 Å². The van der Waals surface area contributed by atoms with Gasteiger partial charge >= 0.3 is 0 Å². The Hall–Kier alpha value is -0.910. The van der Waals surface area contributed by atoms with E-state index >= 15 is 0 Å². The highest BCUT2D eigenvalue weighted by Crippen LogP contribution is 2.21. The van der Waals surface area contributed by atoms with Gasteiger partial charge in [-0.2, -0.15) is 0 Å². The molecule has 1 aromatic rings. The van der Waals surface area contributed by atoms with E-state index in [-0.39, 0.29) is 19.6 Å². The highest BCUT2D eigenvalue weighted by atomic mass is 35.5. The van der Waals surface area contributed by atoms with Crippen LogP contribution in [0.2, 0.25) is 10.0 Å². The number of carbonyl (C=O) groups excluding carboxylic acids is 1. The first-order chi connectivity index (χ1) is 8.93. The highest BCUT2D eigenvalue weighted by Gasteiger charge is 2.18. The van der Waals surface area contributed by atoms with E-state index in [2.05, 4.69) is 0 Å². The SMILES string of the molecule is O=C(Cc1ccc(Cl)cc1Cl)N(CCO)CC(F)F. The molecule has 0 spiro atoms.